The van der Waals surface area contributed by atoms with Crippen molar-refractivity contribution in [3.63, 3.8) is 0 Å². The Balaban J connectivity index is 2.68. The quantitative estimate of drug-likeness (QED) is 0.407. The summed E-state index contributed by atoms with van der Waals surface area (Å²) in [7, 11) is 1.52. The van der Waals surface area contributed by atoms with Gasteiger partial charge < -0.3 is 0 Å². The molecule has 0 unspecified atom stereocenters. The van der Waals surface area contributed by atoms with Crippen LogP contribution < -0.4 is 0 Å². The van der Waals surface area contributed by atoms with E-state index < -0.39 is 0 Å². The second-order valence-corrected chi connectivity index (χ2v) is 3.09. The Labute approximate surface area is 76.8 Å². The first-order valence-electron chi connectivity index (χ1n) is 3.66. The molecule has 0 atom stereocenters. The van der Waals surface area contributed by atoms with Crippen molar-refractivity contribution in [3.05, 3.63) is 29.8 Å². The molecule has 0 radical (unpaired) electrons. The summed E-state index contributed by atoms with van der Waals surface area (Å²) in [6.45, 7) is 0.507. The van der Waals surface area contributed by atoms with Crippen molar-refractivity contribution in [1.82, 2.24) is 0 Å². The van der Waals surface area contributed by atoms with Crippen molar-refractivity contribution in [3.8, 4) is 0 Å². The Bertz CT molecular complexity index is 238. The molecule has 0 N–H and O–H groups in total. The molecule has 0 fully saturated rings. The summed E-state index contributed by atoms with van der Waals surface area (Å²) in [5, 5.41) is 0. The van der Waals surface area contributed by atoms with E-state index in [0.29, 0.717) is 6.61 Å². The van der Waals surface area contributed by atoms with Crippen LogP contribution in [0.2, 0.25) is 0 Å². The van der Waals surface area contributed by atoms with Crippen LogP contribution in [0.3, 0.4) is 0 Å². The minimum atomic E-state index is 0.507. The maximum Gasteiger partial charge on any atom is 0.108 e. The van der Waals surface area contributed by atoms with Gasteiger partial charge in [0.2, 0.25) is 0 Å². The SMILES string of the molecule is COOCc1ccccc1SC. The number of rotatable bonds is 4. The van der Waals surface area contributed by atoms with E-state index in [9.17, 15) is 0 Å². The van der Waals surface area contributed by atoms with E-state index in [1.54, 1.807) is 11.8 Å². The lowest BCUT2D eigenvalue weighted by molar-refractivity contribution is -0.282. The van der Waals surface area contributed by atoms with Crippen molar-refractivity contribution in [2.45, 2.75) is 11.5 Å². The number of hydrogen-bond acceptors (Lipinski definition) is 3. The fourth-order valence-electron chi connectivity index (χ4n) is 0.945. The molecule has 0 heterocycles. The van der Waals surface area contributed by atoms with Gasteiger partial charge >= 0.3 is 0 Å². The molecule has 2 nitrogen and oxygen atoms in total. The third kappa shape index (κ3) is 2.52. The third-order valence-electron chi connectivity index (χ3n) is 1.52. The fourth-order valence-corrected chi connectivity index (χ4v) is 1.55. The molecule has 0 saturated heterocycles. The molecule has 0 amide bonds. The summed E-state index contributed by atoms with van der Waals surface area (Å²) in [6, 6.07) is 8.11. The average Bonchev–Trinajstić information content (AvgIpc) is 2.15. The summed E-state index contributed by atoms with van der Waals surface area (Å²) >= 11 is 1.71. The molecule has 1 rings (SSSR count). The molecule has 1 aromatic rings. The van der Waals surface area contributed by atoms with Crippen LogP contribution in [0.15, 0.2) is 29.2 Å². The maximum atomic E-state index is 4.85. The zero-order valence-corrected chi connectivity index (χ0v) is 8.06. The Morgan fingerprint density at radius 1 is 1.33 bits per heavy atom. The molecule has 0 saturated carbocycles. The smallest absolute Gasteiger partial charge is 0.108 e. The topological polar surface area (TPSA) is 18.5 Å². The molecule has 3 heteroatoms. The molecule has 66 valence electrons. The summed E-state index contributed by atoms with van der Waals surface area (Å²) < 4.78 is 0. The van der Waals surface area contributed by atoms with Crippen LogP contribution >= 0.6 is 11.8 Å². The second kappa shape index (κ2) is 5.19. The second-order valence-electron chi connectivity index (χ2n) is 2.24. The van der Waals surface area contributed by atoms with Gasteiger partial charge in [-0.2, -0.15) is 0 Å². The summed E-state index contributed by atoms with van der Waals surface area (Å²) in [6.07, 6.45) is 2.05. The first-order chi connectivity index (χ1) is 5.88. The third-order valence-corrected chi connectivity index (χ3v) is 2.36. The van der Waals surface area contributed by atoms with Crippen molar-refractivity contribution in [2.24, 2.45) is 0 Å². The van der Waals surface area contributed by atoms with Crippen LogP contribution in [-0.4, -0.2) is 13.4 Å². The summed E-state index contributed by atoms with van der Waals surface area (Å²) in [4.78, 5) is 10.6. The molecular formula is C9H12O2S. The number of thioether (sulfide) groups is 1. The molecule has 0 aromatic heterocycles. The van der Waals surface area contributed by atoms with E-state index >= 15 is 0 Å². The molecule has 0 aliphatic carbocycles. The van der Waals surface area contributed by atoms with Crippen molar-refractivity contribution < 1.29 is 9.78 Å². The normalized spacial score (nSPS) is 10.2. The molecule has 0 aliphatic rings. The van der Waals surface area contributed by atoms with E-state index in [1.165, 1.54) is 12.0 Å². The Kier molecular flexibility index (Phi) is 4.14. The highest BCUT2D eigenvalue weighted by Crippen LogP contribution is 2.20. The Morgan fingerprint density at radius 3 is 2.75 bits per heavy atom. The van der Waals surface area contributed by atoms with Gasteiger partial charge in [0.1, 0.15) is 6.61 Å². The first-order valence-corrected chi connectivity index (χ1v) is 4.88. The highest BCUT2D eigenvalue weighted by molar-refractivity contribution is 7.98. The van der Waals surface area contributed by atoms with E-state index in [4.69, 9.17) is 4.89 Å². The highest BCUT2D eigenvalue weighted by atomic mass is 32.2. The van der Waals surface area contributed by atoms with Gasteiger partial charge in [-0.05, 0) is 17.9 Å². The highest BCUT2D eigenvalue weighted by Gasteiger charge is 1.99. The minimum Gasteiger partial charge on any atom is -0.240 e. The van der Waals surface area contributed by atoms with Gasteiger partial charge in [0.25, 0.3) is 0 Å². The van der Waals surface area contributed by atoms with Crippen LogP contribution in [0.1, 0.15) is 5.56 Å². The van der Waals surface area contributed by atoms with Gasteiger partial charge in [0.05, 0.1) is 7.11 Å². The largest absolute Gasteiger partial charge is 0.240 e. The van der Waals surface area contributed by atoms with E-state index in [1.807, 2.05) is 24.5 Å². The average molecular weight is 184 g/mol. The molecule has 12 heavy (non-hydrogen) atoms. The first kappa shape index (κ1) is 9.58. The molecule has 0 spiro atoms. The van der Waals surface area contributed by atoms with Crippen LogP contribution in [0, 0.1) is 0 Å². The maximum absolute atomic E-state index is 4.85. The number of hydrogen-bond donors (Lipinski definition) is 0. The zero-order valence-electron chi connectivity index (χ0n) is 7.24. The Hall–Kier alpha value is -0.510. The monoisotopic (exact) mass is 184 g/mol. The van der Waals surface area contributed by atoms with Crippen molar-refractivity contribution in [1.29, 1.82) is 0 Å². The standard InChI is InChI=1S/C9H12O2S/c1-10-11-7-8-5-3-4-6-9(8)12-2/h3-6H,7H2,1-2H3. The van der Waals surface area contributed by atoms with Gasteiger partial charge in [0.15, 0.2) is 0 Å². The van der Waals surface area contributed by atoms with Crippen LogP contribution in [0.25, 0.3) is 0 Å². The van der Waals surface area contributed by atoms with Gasteiger partial charge in [0, 0.05) is 4.90 Å². The van der Waals surface area contributed by atoms with Crippen molar-refractivity contribution in [2.75, 3.05) is 13.4 Å². The Morgan fingerprint density at radius 2 is 2.08 bits per heavy atom. The molecule has 0 aliphatic heterocycles. The van der Waals surface area contributed by atoms with Gasteiger partial charge in [-0.3, -0.25) is 0 Å². The van der Waals surface area contributed by atoms with Gasteiger partial charge in [-0.25, -0.2) is 9.78 Å². The van der Waals surface area contributed by atoms with E-state index in [0.717, 1.165) is 5.56 Å². The lowest BCUT2D eigenvalue weighted by Gasteiger charge is -2.05. The van der Waals surface area contributed by atoms with Gasteiger partial charge in [-0.15, -0.1) is 11.8 Å². The zero-order chi connectivity index (χ0) is 8.81. The minimum absolute atomic E-state index is 0.507. The van der Waals surface area contributed by atoms with E-state index in [-0.39, 0.29) is 0 Å². The lowest BCUT2D eigenvalue weighted by Crippen LogP contribution is -1.92. The van der Waals surface area contributed by atoms with Crippen LogP contribution in [0.4, 0.5) is 0 Å². The van der Waals surface area contributed by atoms with E-state index in [2.05, 4.69) is 11.0 Å². The van der Waals surface area contributed by atoms with Gasteiger partial charge in [-0.1, -0.05) is 18.2 Å². The molecule has 0 bridgehead atoms. The predicted molar refractivity (Wildman–Crippen MR) is 50.0 cm³/mol. The molecular weight excluding hydrogens is 172 g/mol. The molecule has 1 aromatic carbocycles. The predicted octanol–water partition coefficient (Wildman–Crippen LogP) is 2.49. The fraction of sp³-hybridized carbons (Fsp3) is 0.333. The van der Waals surface area contributed by atoms with Crippen LogP contribution in [0.5, 0.6) is 0 Å². The lowest BCUT2D eigenvalue weighted by atomic mass is 10.2. The summed E-state index contributed by atoms with van der Waals surface area (Å²) in [5.41, 5.74) is 1.16. The van der Waals surface area contributed by atoms with Crippen molar-refractivity contribution >= 4 is 11.8 Å². The summed E-state index contributed by atoms with van der Waals surface area (Å²) in [5.74, 6) is 0. The number of benzene rings is 1. The van der Waals surface area contributed by atoms with Crippen LogP contribution in [-0.2, 0) is 16.4 Å².